The van der Waals surface area contributed by atoms with Gasteiger partial charge in [-0.05, 0) is 25.8 Å². The summed E-state index contributed by atoms with van der Waals surface area (Å²) >= 11 is 0. The first kappa shape index (κ1) is 12.8. The summed E-state index contributed by atoms with van der Waals surface area (Å²) in [5, 5.41) is 9.19. The quantitative estimate of drug-likeness (QED) is 0.863. The van der Waals surface area contributed by atoms with E-state index >= 15 is 0 Å². The Morgan fingerprint density at radius 3 is 3.11 bits per heavy atom. The number of carboxylic acids is 1. The summed E-state index contributed by atoms with van der Waals surface area (Å²) in [6.07, 6.45) is 5.45. The van der Waals surface area contributed by atoms with Crippen LogP contribution in [0.5, 0.6) is 0 Å². The molecule has 1 saturated heterocycles. The van der Waals surface area contributed by atoms with E-state index in [1.807, 2.05) is 11.8 Å². The fourth-order valence-corrected chi connectivity index (χ4v) is 2.25. The van der Waals surface area contributed by atoms with Crippen LogP contribution in [-0.4, -0.2) is 41.9 Å². The van der Waals surface area contributed by atoms with E-state index in [1.165, 1.54) is 12.3 Å². The number of rotatable bonds is 5. The molecule has 2 heterocycles. The summed E-state index contributed by atoms with van der Waals surface area (Å²) in [5.74, 6) is -0.918. The third-order valence-electron chi connectivity index (χ3n) is 3.20. The van der Waals surface area contributed by atoms with Gasteiger partial charge in [0.05, 0.1) is 23.6 Å². The molecule has 0 radical (unpaired) electrons. The van der Waals surface area contributed by atoms with Crippen molar-refractivity contribution in [2.75, 3.05) is 24.6 Å². The van der Waals surface area contributed by atoms with Crippen molar-refractivity contribution in [3.63, 3.8) is 0 Å². The molecule has 5 nitrogen and oxygen atoms in total. The highest BCUT2D eigenvalue weighted by atomic mass is 16.5. The zero-order valence-electron chi connectivity index (χ0n) is 10.5. The van der Waals surface area contributed by atoms with Gasteiger partial charge < -0.3 is 14.7 Å². The third-order valence-corrected chi connectivity index (χ3v) is 3.20. The molecule has 98 valence electrons. The molecule has 0 aliphatic carbocycles. The van der Waals surface area contributed by atoms with Crippen LogP contribution in [0.15, 0.2) is 18.5 Å². The number of hydrogen-bond donors (Lipinski definition) is 1. The summed E-state index contributed by atoms with van der Waals surface area (Å²) in [4.78, 5) is 17.2. The number of likely N-dealkylation sites (N-methyl/N-ethyl adjacent to an activating group) is 1. The number of ether oxygens (including phenoxy) is 1. The molecule has 0 spiro atoms. The molecule has 1 aromatic rings. The van der Waals surface area contributed by atoms with E-state index in [0.29, 0.717) is 11.3 Å². The van der Waals surface area contributed by atoms with Gasteiger partial charge in [0.25, 0.3) is 0 Å². The first-order valence-electron chi connectivity index (χ1n) is 6.26. The van der Waals surface area contributed by atoms with Gasteiger partial charge in [0, 0.05) is 25.9 Å². The van der Waals surface area contributed by atoms with Crippen LogP contribution in [-0.2, 0) is 4.74 Å². The minimum Gasteiger partial charge on any atom is -0.478 e. The lowest BCUT2D eigenvalue weighted by Crippen LogP contribution is -2.33. The van der Waals surface area contributed by atoms with Gasteiger partial charge in [-0.15, -0.1) is 0 Å². The van der Waals surface area contributed by atoms with Gasteiger partial charge in [0.2, 0.25) is 0 Å². The third kappa shape index (κ3) is 2.79. The topological polar surface area (TPSA) is 62.7 Å². The Morgan fingerprint density at radius 2 is 2.50 bits per heavy atom. The second kappa shape index (κ2) is 5.82. The average Bonchev–Trinajstić information content (AvgIpc) is 2.88. The molecule has 1 aromatic heterocycles. The number of carbonyl (C=O) groups is 1. The number of aromatic carboxylic acids is 1. The van der Waals surface area contributed by atoms with Crippen molar-refractivity contribution in [1.29, 1.82) is 0 Å². The molecule has 1 aliphatic rings. The van der Waals surface area contributed by atoms with Gasteiger partial charge in [0.1, 0.15) is 0 Å². The fourth-order valence-electron chi connectivity index (χ4n) is 2.25. The van der Waals surface area contributed by atoms with Crippen LogP contribution in [0.4, 0.5) is 5.69 Å². The van der Waals surface area contributed by atoms with E-state index in [-0.39, 0.29) is 6.10 Å². The van der Waals surface area contributed by atoms with E-state index in [0.717, 1.165) is 32.5 Å². The van der Waals surface area contributed by atoms with Gasteiger partial charge in [0.15, 0.2) is 0 Å². The summed E-state index contributed by atoms with van der Waals surface area (Å²) in [6, 6.07) is 1.54. The van der Waals surface area contributed by atoms with Gasteiger partial charge in [-0.1, -0.05) is 0 Å². The molecular formula is C13H18N2O3. The SMILES string of the molecule is CCN(CC1CCCO1)c1cnccc1C(=O)O. The van der Waals surface area contributed by atoms with Gasteiger partial charge in [-0.25, -0.2) is 4.79 Å². The zero-order chi connectivity index (χ0) is 13.0. The Morgan fingerprint density at radius 1 is 1.67 bits per heavy atom. The van der Waals surface area contributed by atoms with Crippen molar-refractivity contribution in [1.82, 2.24) is 4.98 Å². The largest absolute Gasteiger partial charge is 0.478 e. The maximum atomic E-state index is 11.2. The number of nitrogens with zero attached hydrogens (tertiary/aromatic N) is 2. The molecule has 1 fully saturated rings. The lowest BCUT2D eigenvalue weighted by atomic mass is 10.1. The Hall–Kier alpha value is -1.62. The van der Waals surface area contributed by atoms with Crippen LogP contribution in [0.2, 0.25) is 0 Å². The zero-order valence-corrected chi connectivity index (χ0v) is 10.5. The Labute approximate surface area is 106 Å². The van der Waals surface area contributed by atoms with E-state index < -0.39 is 5.97 Å². The predicted molar refractivity (Wildman–Crippen MR) is 68.1 cm³/mol. The van der Waals surface area contributed by atoms with Crippen molar-refractivity contribution in [3.8, 4) is 0 Å². The second-order valence-corrected chi connectivity index (χ2v) is 4.37. The van der Waals surface area contributed by atoms with Gasteiger partial charge in [-0.2, -0.15) is 0 Å². The molecule has 0 aromatic carbocycles. The van der Waals surface area contributed by atoms with Crippen molar-refractivity contribution >= 4 is 11.7 Å². The summed E-state index contributed by atoms with van der Waals surface area (Å²) in [7, 11) is 0. The van der Waals surface area contributed by atoms with E-state index in [4.69, 9.17) is 4.74 Å². The van der Waals surface area contributed by atoms with Crippen molar-refractivity contribution in [2.45, 2.75) is 25.9 Å². The van der Waals surface area contributed by atoms with Crippen molar-refractivity contribution in [3.05, 3.63) is 24.0 Å². The first-order valence-corrected chi connectivity index (χ1v) is 6.26. The number of pyridine rings is 1. The van der Waals surface area contributed by atoms with Crippen LogP contribution >= 0.6 is 0 Å². The molecule has 1 unspecified atom stereocenters. The smallest absolute Gasteiger partial charge is 0.337 e. The van der Waals surface area contributed by atoms with Gasteiger partial charge in [-0.3, -0.25) is 4.98 Å². The highest BCUT2D eigenvalue weighted by molar-refractivity contribution is 5.94. The maximum absolute atomic E-state index is 11.2. The molecule has 1 N–H and O–H groups in total. The lowest BCUT2D eigenvalue weighted by Gasteiger charge is -2.26. The molecule has 0 amide bonds. The molecule has 5 heteroatoms. The van der Waals surface area contributed by atoms with E-state index in [9.17, 15) is 9.90 Å². The number of anilines is 1. The summed E-state index contributed by atoms with van der Waals surface area (Å²) < 4.78 is 5.60. The highest BCUT2D eigenvalue weighted by Gasteiger charge is 2.21. The minimum absolute atomic E-state index is 0.201. The van der Waals surface area contributed by atoms with Crippen molar-refractivity contribution < 1.29 is 14.6 Å². The Kier molecular flexibility index (Phi) is 4.15. The fraction of sp³-hybridized carbons (Fsp3) is 0.538. The molecular weight excluding hydrogens is 232 g/mol. The second-order valence-electron chi connectivity index (χ2n) is 4.37. The standard InChI is InChI=1S/C13H18N2O3/c1-2-15(9-10-4-3-7-18-10)12-8-14-6-5-11(12)13(16)17/h5-6,8,10H,2-4,7,9H2,1H3,(H,16,17). The minimum atomic E-state index is -0.918. The Balaban J connectivity index is 2.18. The summed E-state index contributed by atoms with van der Waals surface area (Å²) in [5.41, 5.74) is 0.966. The number of hydrogen-bond acceptors (Lipinski definition) is 4. The van der Waals surface area contributed by atoms with E-state index in [2.05, 4.69) is 4.98 Å². The molecule has 18 heavy (non-hydrogen) atoms. The Bertz CT molecular complexity index is 416. The lowest BCUT2D eigenvalue weighted by molar-refractivity contribution is 0.0696. The molecule has 1 aliphatic heterocycles. The molecule has 0 saturated carbocycles. The number of aromatic nitrogens is 1. The molecule has 1 atom stereocenters. The summed E-state index contributed by atoms with van der Waals surface area (Å²) in [6.45, 7) is 4.28. The van der Waals surface area contributed by atoms with Crippen LogP contribution in [0, 0.1) is 0 Å². The van der Waals surface area contributed by atoms with Crippen LogP contribution in [0.25, 0.3) is 0 Å². The number of carboxylic acid groups (broad SMARTS) is 1. The maximum Gasteiger partial charge on any atom is 0.337 e. The van der Waals surface area contributed by atoms with Crippen LogP contribution < -0.4 is 4.90 Å². The van der Waals surface area contributed by atoms with Crippen LogP contribution in [0.3, 0.4) is 0 Å². The monoisotopic (exact) mass is 250 g/mol. The van der Waals surface area contributed by atoms with Crippen molar-refractivity contribution in [2.24, 2.45) is 0 Å². The van der Waals surface area contributed by atoms with E-state index in [1.54, 1.807) is 6.20 Å². The predicted octanol–water partition coefficient (Wildman–Crippen LogP) is 1.79. The highest BCUT2D eigenvalue weighted by Crippen LogP contribution is 2.22. The first-order chi connectivity index (χ1) is 8.72. The molecule has 0 bridgehead atoms. The average molecular weight is 250 g/mol. The van der Waals surface area contributed by atoms with Crippen LogP contribution in [0.1, 0.15) is 30.1 Å². The normalized spacial score (nSPS) is 18.8. The molecule has 2 rings (SSSR count). The van der Waals surface area contributed by atoms with Gasteiger partial charge >= 0.3 is 5.97 Å².